The van der Waals surface area contributed by atoms with Crippen LogP contribution in [0.15, 0.2) is 42.9 Å². The molecule has 6 nitrogen and oxygen atoms in total. The lowest BCUT2D eigenvalue weighted by Crippen LogP contribution is -2.14. The lowest BCUT2D eigenvalue weighted by Gasteiger charge is -2.27. The Bertz CT molecular complexity index is 1050. The van der Waals surface area contributed by atoms with E-state index in [-0.39, 0.29) is 11.4 Å². The maximum Gasteiger partial charge on any atom is 0.339 e. The van der Waals surface area contributed by atoms with E-state index < -0.39 is 11.8 Å². The van der Waals surface area contributed by atoms with Gasteiger partial charge in [-0.1, -0.05) is 18.1 Å². The number of benzene rings is 1. The molecule has 1 aliphatic carbocycles. The minimum absolute atomic E-state index is 0.0453. The lowest BCUT2D eigenvalue weighted by molar-refractivity contribution is 0.0697. The molecule has 28 heavy (non-hydrogen) atoms. The van der Waals surface area contributed by atoms with Crippen molar-refractivity contribution in [3.05, 3.63) is 65.4 Å². The number of carbonyl (C=O) groups is 1. The topological polar surface area (TPSA) is 88.0 Å². The number of aromatic carboxylic acids is 1. The van der Waals surface area contributed by atoms with E-state index in [1.165, 1.54) is 18.5 Å². The summed E-state index contributed by atoms with van der Waals surface area (Å²) >= 11 is 0. The van der Waals surface area contributed by atoms with Crippen molar-refractivity contribution in [2.24, 2.45) is 0 Å². The first-order chi connectivity index (χ1) is 13.5. The third-order valence-corrected chi connectivity index (χ3v) is 5.03. The quantitative estimate of drug-likeness (QED) is 0.669. The molecular weight excluding hydrogens is 359 g/mol. The monoisotopic (exact) mass is 378 g/mol. The normalized spacial score (nSPS) is 13.8. The second-order valence-electron chi connectivity index (χ2n) is 6.96. The van der Waals surface area contributed by atoms with Gasteiger partial charge in [-0.25, -0.2) is 19.2 Å². The van der Waals surface area contributed by atoms with Crippen LogP contribution in [0.3, 0.4) is 0 Å². The maximum absolute atomic E-state index is 14.3. The number of pyridine rings is 1. The van der Waals surface area contributed by atoms with Gasteiger partial charge in [0, 0.05) is 24.2 Å². The van der Waals surface area contributed by atoms with Crippen LogP contribution in [0.5, 0.6) is 0 Å². The molecule has 1 aromatic carbocycles. The number of anilines is 2. The Morgan fingerprint density at radius 2 is 2.07 bits per heavy atom. The highest BCUT2D eigenvalue weighted by atomic mass is 19.1. The molecule has 3 aromatic rings. The molecule has 0 amide bonds. The summed E-state index contributed by atoms with van der Waals surface area (Å²) in [7, 11) is 0. The van der Waals surface area contributed by atoms with E-state index in [9.17, 15) is 14.3 Å². The Kier molecular flexibility index (Phi) is 4.73. The van der Waals surface area contributed by atoms with Crippen LogP contribution in [0, 0.1) is 12.7 Å². The number of aryl methyl sites for hydroxylation is 1. The summed E-state index contributed by atoms with van der Waals surface area (Å²) in [5.74, 6) is -0.404. The summed E-state index contributed by atoms with van der Waals surface area (Å²) < 4.78 is 14.3. The van der Waals surface area contributed by atoms with Crippen LogP contribution in [0.25, 0.3) is 11.4 Å². The average Bonchev–Trinajstić information content (AvgIpc) is 2.64. The average molecular weight is 378 g/mol. The fraction of sp³-hybridized carbons (Fsp3) is 0.238. The molecule has 142 valence electrons. The molecule has 0 spiro atoms. The molecule has 2 N–H and O–H groups in total. The Hall–Kier alpha value is -3.35. The minimum Gasteiger partial charge on any atom is -0.478 e. The number of aromatic nitrogens is 3. The SMILES string of the molecule is Cc1ccc(F)c(-c2ncc(C3CCC3)c(Nc3ccncc3C(=O)O)n2)c1. The predicted octanol–water partition coefficient (Wildman–Crippen LogP) is 4.70. The van der Waals surface area contributed by atoms with E-state index in [0.29, 0.717) is 23.0 Å². The van der Waals surface area contributed by atoms with Crippen molar-refractivity contribution < 1.29 is 14.3 Å². The van der Waals surface area contributed by atoms with Gasteiger partial charge in [0.2, 0.25) is 0 Å². The zero-order valence-corrected chi connectivity index (χ0v) is 15.3. The van der Waals surface area contributed by atoms with Crippen LogP contribution < -0.4 is 5.32 Å². The first-order valence-electron chi connectivity index (χ1n) is 9.10. The molecular formula is C21H19FN4O2. The zero-order chi connectivity index (χ0) is 19.7. The van der Waals surface area contributed by atoms with Crippen molar-refractivity contribution in [2.45, 2.75) is 32.1 Å². The molecule has 2 aromatic heterocycles. The fourth-order valence-corrected chi connectivity index (χ4v) is 3.25. The Labute approximate surface area is 161 Å². The van der Waals surface area contributed by atoms with Gasteiger partial charge in [0.15, 0.2) is 5.82 Å². The number of rotatable bonds is 5. The third-order valence-electron chi connectivity index (χ3n) is 5.03. The van der Waals surface area contributed by atoms with Crippen LogP contribution in [0.1, 0.15) is 46.7 Å². The van der Waals surface area contributed by atoms with Gasteiger partial charge in [-0.05, 0) is 43.9 Å². The third kappa shape index (κ3) is 3.43. The number of hydrogen-bond acceptors (Lipinski definition) is 5. The van der Waals surface area contributed by atoms with Crippen LogP contribution in [-0.4, -0.2) is 26.0 Å². The molecule has 7 heteroatoms. The van der Waals surface area contributed by atoms with E-state index in [0.717, 1.165) is 30.4 Å². The molecule has 1 aliphatic rings. The van der Waals surface area contributed by atoms with E-state index in [4.69, 9.17) is 0 Å². The second-order valence-corrected chi connectivity index (χ2v) is 6.96. The van der Waals surface area contributed by atoms with E-state index in [1.54, 1.807) is 24.4 Å². The number of hydrogen-bond donors (Lipinski definition) is 2. The zero-order valence-electron chi connectivity index (χ0n) is 15.3. The summed E-state index contributed by atoms with van der Waals surface area (Å²) in [4.78, 5) is 24.3. The van der Waals surface area contributed by atoms with Crippen molar-refractivity contribution in [1.82, 2.24) is 15.0 Å². The molecule has 0 bridgehead atoms. The smallest absolute Gasteiger partial charge is 0.339 e. The van der Waals surface area contributed by atoms with Crippen molar-refractivity contribution in [3.8, 4) is 11.4 Å². The highest BCUT2D eigenvalue weighted by Crippen LogP contribution is 2.40. The standard InChI is InChI=1S/C21H19FN4O2/c1-12-5-6-17(22)14(9-12)19-24-11-15(13-3-2-4-13)20(26-19)25-18-7-8-23-10-16(18)21(27)28/h5-11,13H,2-4H2,1H3,(H,27,28)(H,23,24,25,26). The summed E-state index contributed by atoms with van der Waals surface area (Å²) in [6, 6.07) is 6.37. The highest BCUT2D eigenvalue weighted by molar-refractivity contribution is 5.94. The number of carboxylic acid groups (broad SMARTS) is 1. The summed E-state index contributed by atoms with van der Waals surface area (Å²) in [5.41, 5.74) is 2.56. The van der Waals surface area contributed by atoms with E-state index in [2.05, 4.69) is 20.3 Å². The van der Waals surface area contributed by atoms with Gasteiger partial charge in [-0.2, -0.15) is 0 Å². The molecule has 0 saturated heterocycles. The molecule has 1 fully saturated rings. The summed E-state index contributed by atoms with van der Waals surface area (Å²) in [6.45, 7) is 1.88. The fourth-order valence-electron chi connectivity index (χ4n) is 3.25. The van der Waals surface area contributed by atoms with Gasteiger partial charge in [0.05, 0.1) is 11.3 Å². The lowest BCUT2D eigenvalue weighted by atomic mass is 9.80. The number of nitrogens with zero attached hydrogens (tertiary/aromatic N) is 3. The van der Waals surface area contributed by atoms with Gasteiger partial charge in [-0.3, -0.25) is 4.98 Å². The van der Waals surface area contributed by atoms with E-state index >= 15 is 0 Å². The van der Waals surface area contributed by atoms with Crippen molar-refractivity contribution >= 4 is 17.5 Å². The summed E-state index contributed by atoms with van der Waals surface area (Å²) in [5, 5.41) is 12.5. The van der Waals surface area contributed by atoms with Crippen molar-refractivity contribution in [3.63, 3.8) is 0 Å². The second kappa shape index (κ2) is 7.34. The van der Waals surface area contributed by atoms with E-state index in [1.807, 2.05) is 6.92 Å². The molecule has 0 atom stereocenters. The molecule has 0 unspecified atom stereocenters. The Morgan fingerprint density at radius 1 is 1.25 bits per heavy atom. The summed E-state index contributed by atoms with van der Waals surface area (Å²) in [6.07, 6.45) is 7.71. The highest BCUT2D eigenvalue weighted by Gasteiger charge is 2.25. The molecule has 1 saturated carbocycles. The van der Waals surface area contributed by atoms with Gasteiger partial charge in [0.25, 0.3) is 0 Å². The van der Waals surface area contributed by atoms with Gasteiger partial charge < -0.3 is 10.4 Å². The minimum atomic E-state index is -1.08. The van der Waals surface area contributed by atoms with Crippen LogP contribution >= 0.6 is 0 Å². The van der Waals surface area contributed by atoms with Gasteiger partial charge in [0.1, 0.15) is 17.2 Å². The maximum atomic E-state index is 14.3. The van der Waals surface area contributed by atoms with Crippen LogP contribution in [0.2, 0.25) is 0 Å². The molecule has 4 rings (SSSR count). The Balaban J connectivity index is 1.80. The van der Waals surface area contributed by atoms with Gasteiger partial charge >= 0.3 is 5.97 Å². The first kappa shape index (κ1) is 18.0. The molecule has 2 heterocycles. The van der Waals surface area contributed by atoms with Crippen LogP contribution in [0.4, 0.5) is 15.9 Å². The number of carboxylic acids is 1. The van der Waals surface area contributed by atoms with Crippen molar-refractivity contribution in [1.29, 1.82) is 0 Å². The number of halogens is 1. The largest absolute Gasteiger partial charge is 0.478 e. The predicted molar refractivity (Wildman–Crippen MR) is 103 cm³/mol. The Morgan fingerprint density at radius 3 is 2.79 bits per heavy atom. The van der Waals surface area contributed by atoms with Crippen LogP contribution in [-0.2, 0) is 0 Å². The number of nitrogens with one attached hydrogen (secondary N) is 1. The molecule has 0 radical (unpaired) electrons. The molecule has 0 aliphatic heterocycles. The van der Waals surface area contributed by atoms with Crippen molar-refractivity contribution in [2.75, 3.05) is 5.32 Å². The van der Waals surface area contributed by atoms with Gasteiger partial charge in [-0.15, -0.1) is 0 Å². The first-order valence-corrected chi connectivity index (χ1v) is 9.10.